The minimum atomic E-state index is -0.787. The molecule has 0 radical (unpaired) electrons. The lowest BCUT2D eigenvalue weighted by Crippen LogP contribution is -2.52. The first-order valence-corrected chi connectivity index (χ1v) is 12.3. The standard InChI is InChI=1S/C29H32ClFN2O3/c1-19(2)32-29(35)26(16-22-8-6-5-7-9-22)33(17-23-10-12-24(31)13-11-23)27(34)18-36-25-14-20(3)28(30)21(4)15-25/h5-15,19,26H,16-18H2,1-4H3,(H,32,35). The Morgan fingerprint density at radius 3 is 2.17 bits per heavy atom. The number of halogens is 2. The van der Waals surface area contributed by atoms with Crippen LogP contribution >= 0.6 is 11.6 Å². The molecule has 7 heteroatoms. The van der Waals surface area contributed by atoms with E-state index in [0.717, 1.165) is 16.7 Å². The van der Waals surface area contributed by atoms with Crippen LogP contribution in [0.1, 0.15) is 36.1 Å². The molecule has 0 heterocycles. The molecule has 1 N–H and O–H groups in total. The first-order chi connectivity index (χ1) is 17.1. The summed E-state index contributed by atoms with van der Waals surface area (Å²) in [6, 6.07) is 18.1. The molecule has 0 fully saturated rings. The van der Waals surface area contributed by atoms with Gasteiger partial charge in [-0.3, -0.25) is 9.59 Å². The Morgan fingerprint density at radius 2 is 1.58 bits per heavy atom. The molecule has 3 aromatic rings. The molecule has 5 nitrogen and oxygen atoms in total. The first kappa shape index (κ1) is 27.2. The highest BCUT2D eigenvalue weighted by Gasteiger charge is 2.31. The van der Waals surface area contributed by atoms with E-state index in [9.17, 15) is 14.0 Å². The number of benzene rings is 3. The van der Waals surface area contributed by atoms with Gasteiger partial charge in [0, 0.05) is 24.0 Å². The Labute approximate surface area is 217 Å². The van der Waals surface area contributed by atoms with Crippen LogP contribution in [-0.4, -0.2) is 35.4 Å². The van der Waals surface area contributed by atoms with E-state index in [1.807, 2.05) is 58.0 Å². The number of aryl methyl sites for hydroxylation is 2. The number of hydrogen-bond donors (Lipinski definition) is 1. The van der Waals surface area contributed by atoms with Gasteiger partial charge in [0.1, 0.15) is 17.6 Å². The SMILES string of the molecule is Cc1cc(OCC(=O)N(Cc2ccc(F)cc2)C(Cc2ccccc2)C(=O)NC(C)C)cc(C)c1Cl. The lowest BCUT2D eigenvalue weighted by molar-refractivity contribution is -0.143. The molecule has 190 valence electrons. The summed E-state index contributed by atoms with van der Waals surface area (Å²) in [6.07, 6.45) is 0.325. The van der Waals surface area contributed by atoms with Gasteiger partial charge in [0.25, 0.3) is 5.91 Å². The molecule has 0 aromatic heterocycles. The molecule has 2 amide bonds. The molecule has 1 unspecified atom stereocenters. The summed E-state index contributed by atoms with van der Waals surface area (Å²) >= 11 is 6.26. The molecular weight excluding hydrogens is 479 g/mol. The summed E-state index contributed by atoms with van der Waals surface area (Å²) in [7, 11) is 0. The number of carbonyl (C=O) groups is 2. The Hall–Kier alpha value is -3.38. The van der Waals surface area contributed by atoms with Crippen LogP contribution in [0.15, 0.2) is 66.7 Å². The maximum Gasteiger partial charge on any atom is 0.261 e. The molecule has 0 saturated heterocycles. The molecule has 0 aliphatic rings. The highest BCUT2D eigenvalue weighted by molar-refractivity contribution is 6.32. The Bertz CT molecular complexity index is 1160. The second-order valence-corrected chi connectivity index (χ2v) is 9.55. The largest absolute Gasteiger partial charge is 0.484 e. The van der Waals surface area contributed by atoms with Crippen molar-refractivity contribution in [2.45, 2.75) is 52.7 Å². The lowest BCUT2D eigenvalue weighted by Gasteiger charge is -2.32. The lowest BCUT2D eigenvalue weighted by atomic mass is 10.0. The smallest absolute Gasteiger partial charge is 0.261 e. The second kappa shape index (κ2) is 12.5. The number of amides is 2. The zero-order valence-corrected chi connectivity index (χ0v) is 21.8. The van der Waals surface area contributed by atoms with Crippen molar-refractivity contribution in [1.29, 1.82) is 0 Å². The van der Waals surface area contributed by atoms with Crippen LogP contribution in [0.2, 0.25) is 5.02 Å². The minimum absolute atomic E-state index is 0.102. The van der Waals surface area contributed by atoms with Crippen LogP contribution in [0, 0.1) is 19.7 Å². The first-order valence-electron chi connectivity index (χ1n) is 11.9. The van der Waals surface area contributed by atoms with Gasteiger partial charge in [-0.1, -0.05) is 54.1 Å². The number of nitrogens with one attached hydrogen (secondary N) is 1. The third-order valence-electron chi connectivity index (χ3n) is 5.74. The Kier molecular flexibility index (Phi) is 9.48. The highest BCUT2D eigenvalue weighted by Crippen LogP contribution is 2.26. The summed E-state index contributed by atoms with van der Waals surface area (Å²) < 4.78 is 19.4. The molecule has 0 aliphatic carbocycles. The van der Waals surface area contributed by atoms with Crippen molar-refractivity contribution in [3.8, 4) is 5.75 Å². The predicted octanol–water partition coefficient (Wildman–Crippen LogP) is 5.64. The summed E-state index contributed by atoms with van der Waals surface area (Å²) in [4.78, 5) is 28.4. The predicted molar refractivity (Wildman–Crippen MR) is 141 cm³/mol. The van der Waals surface area contributed by atoms with Crippen LogP contribution in [-0.2, 0) is 22.6 Å². The Morgan fingerprint density at radius 1 is 0.972 bits per heavy atom. The normalized spacial score (nSPS) is 11.8. The number of ether oxygens (including phenoxy) is 1. The molecule has 3 rings (SSSR count). The fourth-order valence-corrected chi connectivity index (χ4v) is 4.05. The van der Waals surface area contributed by atoms with Gasteiger partial charge < -0.3 is 15.0 Å². The van der Waals surface area contributed by atoms with Crippen molar-refractivity contribution in [3.63, 3.8) is 0 Å². The van der Waals surface area contributed by atoms with E-state index < -0.39 is 6.04 Å². The average molecular weight is 511 g/mol. The molecule has 1 atom stereocenters. The monoisotopic (exact) mass is 510 g/mol. The van der Waals surface area contributed by atoms with Gasteiger partial charge in [0.2, 0.25) is 5.91 Å². The average Bonchev–Trinajstić information content (AvgIpc) is 2.84. The van der Waals surface area contributed by atoms with E-state index in [1.54, 1.807) is 24.3 Å². The summed E-state index contributed by atoms with van der Waals surface area (Å²) in [5.74, 6) is -0.463. The number of nitrogens with zero attached hydrogens (tertiary/aromatic N) is 1. The van der Waals surface area contributed by atoms with Gasteiger partial charge in [0.05, 0.1) is 0 Å². The molecule has 0 aliphatic heterocycles. The molecular formula is C29H32ClFN2O3. The van der Waals surface area contributed by atoms with Crippen LogP contribution in [0.5, 0.6) is 5.75 Å². The summed E-state index contributed by atoms with van der Waals surface area (Å²) in [5.41, 5.74) is 3.32. The van der Waals surface area contributed by atoms with Crippen molar-refractivity contribution in [1.82, 2.24) is 10.2 Å². The van der Waals surface area contributed by atoms with Crippen molar-refractivity contribution in [2.75, 3.05) is 6.61 Å². The van der Waals surface area contributed by atoms with E-state index in [0.29, 0.717) is 22.8 Å². The second-order valence-electron chi connectivity index (χ2n) is 9.18. The third-order valence-corrected chi connectivity index (χ3v) is 6.34. The van der Waals surface area contributed by atoms with Crippen molar-refractivity contribution in [3.05, 3.63) is 99.8 Å². The third kappa shape index (κ3) is 7.56. The maximum atomic E-state index is 13.6. The van der Waals surface area contributed by atoms with E-state index in [2.05, 4.69) is 5.32 Å². The van der Waals surface area contributed by atoms with Crippen molar-refractivity contribution in [2.24, 2.45) is 0 Å². The highest BCUT2D eigenvalue weighted by atomic mass is 35.5. The minimum Gasteiger partial charge on any atom is -0.484 e. The van der Waals surface area contributed by atoms with E-state index in [4.69, 9.17) is 16.3 Å². The van der Waals surface area contributed by atoms with Crippen molar-refractivity contribution >= 4 is 23.4 Å². The van der Waals surface area contributed by atoms with Gasteiger partial charge in [-0.05, 0) is 74.2 Å². The summed E-state index contributed by atoms with van der Waals surface area (Å²) in [6.45, 7) is 7.36. The van der Waals surface area contributed by atoms with E-state index >= 15 is 0 Å². The molecule has 0 bridgehead atoms. The van der Waals surface area contributed by atoms with Crippen LogP contribution in [0.3, 0.4) is 0 Å². The van der Waals surface area contributed by atoms with Crippen LogP contribution in [0.4, 0.5) is 4.39 Å². The van der Waals surface area contributed by atoms with Gasteiger partial charge >= 0.3 is 0 Å². The van der Waals surface area contributed by atoms with Crippen LogP contribution in [0.25, 0.3) is 0 Å². The number of hydrogen-bond acceptors (Lipinski definition) is 3. The topological polar surface area (TPSA) is 58.6 Å². The summed E-state index contributed by atoms with van der Waals surface area (Å²) in [5, 5.41) is 3.59. The van der Waals surface area contributed by atoms with E-state index in [-0.39, 0.29) is 36.8 Å². The molecule has 0 saturated carbocycles. The number of rotatable bonds is 10. The zero-order chi connectivity index (χ0) is 26.2. The van der Waals surface area contributed by atoms with Gasteiger partial charge in [0.15, 0.2) is 6.61 Å². The molecule has 0 spiro atoms. The van der Waals surface area contributed by atoms with Crippen molar-refractivity contribution < 1.29 is 18.7 Å². The van der Waals surface area contributed by atoms with Gasteiger partial charge in [-0.15, -0.1) is 0 Å². The fraction of sp³-hybridized carbons (Fsp3) is 0.310. The quantitative estimate of drug-likeness (QED) is 0.384. The zero-order valence-electron chi connectivity index (χ0n) is 21.1. The van der Waals surface area contributed by atoms with Gasteiger partial charge in [-0.2, -0.15) is 0 Å². The Balaban J connectivity index is 1.91. The number of carbonyl (C=O) groups excluding carboxylic acids is 2. The van der Waals surface area contributed by atoms with E-state index in [1.165, 1.54) is 17.0 Å². The fourth-order valence-electron chi connectivity index (χ4n) is 3.94. The molecule has 3 aromatic carbocycles. The molecule has 36 heavy (non-hydrogen) atoms. The maximum absolute atomic E-state index is 13.6. The van der Waals surface area contributed by atoms with Crippen LogP contribution < -0.4 is 10.1 Å². The van der Waals surface area contributed by atoms with Gasteiger partial charge in [-0.25, -0.2) is 4.39 Å².